The van der Waals surface area contributed by atoms with Crippen molar-refractivity contribution in [1.82, 2.24) is 5.32 Å². The number of nitrogens with zero attached hydrogens (tertiary/aromatic N) is 1. The highest BCUT2D eigenvalue weighted by Gasteiger charge is 2.40. The van der Waals surface area contributed by atoms with Gasteiger partial charge in [0.2, 0.25) is 10.0 Å². The van der Waals surface area contributed by atoms with E-state index in [1.807, 2.05) is 0 Å². The lowest BCUT2D eigenvalue weighted by molar-refractivity contribution is 0.535. The molecule has 0 amide bonds. The second kappa shape index (κ2) is 4.51. The zero-order chi connectivity index (χ0) is 13.4. The molecule has 0 saturated carbocycles. The molecule has 0 radical (unpaired) electrons. The fourth-order valence-electron chi connectivity index (χ4n) is 1.95. The molecule has 1 aliphatic rings. The van der Waals surface area contributed by atoms with Gasteiger partial charge in [0.15, 0.2) is 0 Å². The van der Waals surface area contributed by atoms with Crippen LogP contribution in [0.15, 0.2) is 24.3 Å². The number of rotatable bonds is 1. The molecule has 1 aromatic carbocycles. The molecule has 6 heteroatoms. The zero-order valence-electron chi connectivity index (χ0n) is 10.5. The Morgan fingerprint density at radius 1 is 1.28 bits per heavy atom. The van der Waals surface area contributed by atoms with Gasteiger partial charge in [0, 0.05) is 19.6 Å². The largest absolute Gasteiger partial charge is 0.313 e. The third kappa shape index (κ3) is 2.22. The van der Waals surface area contributed by atoms with E-state index < -0.39 is 14.8 Å². The second-order valence-electron chi connectivity index (χ2n) is 4.99. The molecule has 2 rings (SSSR count). The first kappa shape index (κ1) is 13.3. The predicted molar refractivity (Wildman–Crippen MR) is 69.6 cm³/mol. The average Bonchev–Trinajstić information content (AvgIpc) is 2.39. The topological polar surface area (TPSA) is 49.4 Å². The molecule has 1 N–H and O–H groups in total. The predicted octanol–water partition coefficient (Wildman–Crippen LogP) is 1.34. The number of sulfonamides is 1. The SMILES string of the molecule is CC1(C)CNCCN(c2ccc(F)cc2)S1(=O)=O. The molecule has 0 bridgehead atoms. The fourth-order valence-corrected chi connectivity index (χ4v) is 3.57. The van der Waals surface area contributed by atoms with Crippen LogP contribution < -0.4 is 9.62 Å². The maximum atomic E-state index is 12.9. The number of benzene rings is 1. The van der Waals surface area contributed by atoms with Crippen LogP contribution in [0, 0.1) is 5.82 Å². The molecule has 0 atom stereocenters. The van der Waals surface area contributed by atoms with Crippen molar-refractivity contribution >= 4 is 15.7 Å². The Labute approximate surface area is 107 Å². The van der Waals surface area contributed by atoms with E-state index in [-0.39, 0.29) is 5.82 Å². The minimum Gasteiger partial charge on any atom is -0.313 e. The molecule has 18 heavy (non-hydrogen) atoms. The Morgan fingerprint density at radius 2 is 1.89 bits per heavy atom. The first-order valence-corrected chi connectivity index (χ1v) is 7.27. The standard InChI is InChI=1S/C12H17FN2O2S/c1-12(2)9-14-7-8-15(18(12,16)17)11-5-3-10(13)4-6-11/h3-6,14H,7-9H2,1-2H3. The highest BCUT2D eigenvalue weighted by molar-refractivity contribution is 7.94. The van der Waals surface area contributed by atoms with Gasteiger partial charge < -0.3 is 5.32 Å². The smallest absolute Gasteiger partial charge is 0.241 e. The van der Waals surface area contributed by atoms with Gasteiger partial charge >= 0.3 is 0 Å². The number of nitrogens with one attached hydrogen (secondary N) is 1. The molecular weight excluding hydrogens is 255 g/mol. The van der Waals surface area contributed by atoms with Crippen LogP contribution in [0.25, 0.3) is 0 Å². The lowest BCUT2D eigenvalue weighted by Gasteiger charge is -2.30. The summed E-state index contributed by atoms with van der Waals surface area (Å²) in [6, 6.07) is 5.54. The summed E-state index contributed by atoms with van der Waals surface area (Å²) in [5.41, 5.74) is 0.508. The summed E-state index contributed by atoms with van der Waals surface area (Å²) in [4.78, 5) is 0. The van der Waals surface area contributed by atoms with E-state index in [4.69, 9.17) is 0 Å². The summed E-state index contributed by atoms with van der Waals surface area (Å²) in [6.45, 7) is 4.73. The highest BCUT2D eigenvalue weighted by Crippen LogP contribution is 2.27. The van der Waals surface area contributed by atoms with Crippen LogP contribution in [0.3, 0.4) is 0 Å². The molecule has 4 nitrogen and oxygen atoms in total. The number of anilines is 1. The fraction of sp³-hybridized carbons (Fsp3) is 0.500. The van der Waals surface area contributed by atoms with Crippen molar-refractivity contribution in [2.75, 3.05) is 23.9 Å². The summed E-state index contributed by atoms with van der Waals surface area (Å²) in [7, 11) is -3.46. The van der Waals surface area contributed by atoms with Gasteiger partial charge in [-0.25, -0.2) is 12.8 Å². The van der Waals surface area contributed by atoms with Gasteiger partial charge in [0.05, 0.1) is 10.4 Å². The van der Waals surface area contributed by atoms with Crippen LogP contribution in [0.4, 0.5) is 10.1 Å². The van der Waals surface area contributed by atoms with E-state index in [2.05, 4.69) is 5.32 Å². The minimum atomic E-state index is -3.46. The van der Waals surface area contributed by atoms with E-state index in [0.717, 1.165) is 0 Å². The van der Waals surface area contributed by atoms with E-state index in [1.165, 1.54) is 28.6 Å². The normalized spacial score (nSPS) is 22.5. The summed E-state index contributed by atoms with van der Waals surface area (Å²) in [5.74, 6) is -0.372. The molecular formula is C12H17FN2O2S. The molecule has 1 aromatic rings. The van der Waals surface area contributed by atoms with Crippen LogP contribution in [0.2, 0.25) is 0 Å². The molecule has 0 spiro atoms. The minimum absolute atomic E-state index is 0.359. The van der Waals surface area contributed by atoms with E-state index >= 15 is 0 Å². The Kier molecular flexibility index (Phi) is 3.33. The summed E-state index contributed by atoms with van der Waals surface area (Å²) in [5, 5.41) is 3.11. The summed E-state index contributed by atoms with van der Waals surface area (Å²) < 4.78 is 38.4. The van der Waals surface area contributed by atoms with Crippen LogP contribution in [0.5, 0.6) is 0 Å². The molecule has 0 unspecified atom stereocenters. The third-order valence-electron chi connectivity index (χ3n) is 3.15. The number of halogens is 1. The number of hydrogen-bond acceptors (Lipinski definition) is 3. The molecule has 1 aliphatic heterocycles. The van der Waals surface area contributed by atoms with Gasteiger partial charge in [-0.1, -0.05) is 0 Å². The van der Waals surface area contributed by atoms with Gasteiger partial charge in [0.25, 0.3) is 0 Å². The summed E-state index contributed by atoms with van der Waals surface area (Å²) in [6.07, 6.45) is 0. The Morgan fingerprint density at radius 3 is 2.50 bits per heavy atom. The monoisotopic (exact) mass is 272 g/mol. The van der Waals surface area contributed by atoms with Gasteiger partial charge in [-0.05, 0) is 38.1 Å². The third-order valence-corrected chi connectivity index (χ3v) is 5.66. The van der Waals surface area contributed by atoms with Gasteiger partial charge in [-0.3, -0.25) is 4.31 Å². The molecule has 100 valence electrons. The van der Waals surface area contributed by atoms with Crippen LogP contribution in [-0.4, -0.2) is 32.8 Å². The van der Waals surface area contributed by atoms with Crippen molar-refractivity contribution < 1.29 is 12.8 Å². The zero-order valence-corrected chi connectivity index (χ0v) is 11.3. The Balaban J connectivity index is 2.45. The van der Waals surface area contributed by atoms with E-state index in [1.54, 1.807) is 13.8 Å². The van der Waals surface area contributed by atoms with Crippen LogP contribution in [0.1, 0.15) is 13.8 Å². The lowest BCUT2D eigenvalue weighted by atomic mass is 10.2. The maximum absolute atomic E-state index is 12.9. The van der Waals surface area contributed by atoms with Crippen molar-refractivity contribution in [3.8, 4) is 0 Å². The summed E-state index contributed by atoms with van der Waals surface area (Å²) >= 11 is 0. The second-order valence-corrected chi connectivity index (χ2v) is 7.49. The van der Waals surface area contributed by atoms with Gasteiger partial charge in [-0.15, -0.1) is 0 Å². The number of hydrogen-bond donors (Lipinski definition) is 1. The van der Waals surface area contributed by atoms with E-state index in [9.17, 15) is 12.8 Å². The van der Waals surface area contributed by atoms with Crippen molar-refractivity contribution in [1.29, 1.82) is 0 Å². The highest BCUT2D eigenvalue weighted by atomic mass is 32.2. The molecule has 1 saturated heterocycles. The van der Waals surface area contributed by atoms with Crippen LogP contribution in [-0.2, 0) is 10.0 Å². The maximum Gasteiger partial charge on any atom is 0.241 e. The first-order valence-electron chi connectivity index (χ1n) is 5.83. The van der Waals surface area contributed by atoms with Crippen molar-refractivity contribution in [3.63, 3.8) is 0 Å². The quantitative estimate of drug-likeness (QED) is 0.839. The first-order chi connectivity index (χ1) is 8.34. The molecule has 1 fully saturated rings. The molecule has 1 heterocycles. The average molecular weight is 272 g/mol. The van der Waals surface area contributed by atoms with Gasteiger partial charge in [0.1, 0.15) is 5.82 Å². The van der Waals surface area contributed by atoms with Crippen LogP contribution >= 0.6 is 0 Å². The van der Waals surface area contributed by atoms with Crippen molar-refractivity contribution in [2.24, 2.45) is 0 Å². The van der Waals surface area contributed by atoms with Gasteiger partial charge in [-0.2, -0.15) is 0 Å². The Hall–Kier alpha value is -1.14. The molecule has 0 aromatic heterocycles. The van der Waals surface area contributed by atoms with Crippen molar-refractivity contribution in [2.45, 2.75) is 18.6 Å². The molecule has 0 aliphatic carbocycles. The van der Waals surface area contributed by atoms with E-state index in [0.29, 0.717) is 25.3 Å². The van der Waals surface area contributed by atoms with Crippen molar-refractivity contribution in [3.05, 3.63) is 30.1 Å². The Bertz CT molecular complexity index is 526. The lowest BCUT2D eigenvalue weighted by Crippen LogP contribution is -2.46.